The summed E-state index contributed by atoms with van der Waals surface area (Å²) < 4.78 is 21.8. The van der Waals surface area contributed by atoms with Crippen molar-refractivity contribution in [1.82, 2.24) is 10.6 Å². The molecule has 1 atom stereocenters. The Morgan fingerprint density at radius 3 is 2.67 bits per heavy atom. The van der Waals surface area contributed by atoms with Crippen LogP contribution in [-0.2, 0) is 22.3 Å². The number of aliphatic imine (C=N–C) groups is 1. The number of furan rings is 1. The smallest absolute Gasteiger partial charge is 0.191 e. The van der Waals surface area contributed by atoms with Gasteiger partial charge in [0.25, 0.3) is 0 Å². The van der Waals surface area contributed by atoms with E-state index in [0.717, 1.165) is 69.5 Å². The Kier molecular flexibility index (Phi) is 9.56. The normalized spacial score (nSPS) is 16.6. The van der Waals surface area contributed by atoms with E-state index in [-0.39, 0.29) is 6.10 Å². The summed E-state index contributed by atoms with van der Waals surface area (Å²) in [5.74, 6) is 2.66. The van der Waals surface area contributed by atoms with Gasteiger partial charge in [-0.25, -0.2) is 0 Å². The van der Waals surface area contributed by atoms with Crippen LogP contribution >= 0.6 is 0 Å². The molecule has 3 rings (SSSR count). The van der Waals surface area contributed by atoms with Crippen molar-refractivity contribution in [2.45, 2.75) is 31.8 Å². The molecule has 1 saturated heterocycles. The Hall–Kier alpha value is -2.51. The molecule has 1 aliphatic rings. The summed E-state index contributed by atoms with van der Waals surface area (Å²) in [6.45, 7) is 4.52. The highest BCUT2D eigenvalue weighted by molar-refractivity contribution is 5.79. The monoisotopic (exact) mass is 415 g/mol. The van der Waals surface area contributed by atoms with Crippen LogP contribution in [0.4, 0.5) is 0 Å². The van der Waals surface area contributed by atoms with Gasteiger partial charge in [0, 0.05) is 39.3 Å². The van der Waals surface area contributed by atoms with Gasteiger partial charge in [-0.3, -0.25) is 4.99 Å². The van der Waals surface area contributed by atoms with Crippen LogP contribution in [0.25, 0.3) is 0 Å². The van der Waals surface area contributed by atoms with Crippen molar-refractivity contribution >= 4 is 5.96 Å². The minimum absolute atomic E-state index is 0.252. The molecule has 1 fully saturated rings. The standard InChI is InChI=1S/C23H33N3O4/c1-27-20-7-5-19(6-8-20)9-13-25-23(26-14-10-21-4-2-15-29-21)24-12-3-16-30-22-11-17-28-18-22/h2,4-8,15,22H,3,9-14,16-18H2,1H3,(H2,24,25,26). The molecule has 0 aliphatic carbocycles. The first-order valence-electron chi connectivity index (χ1n) is 10.7. The maximum Gasteiger partial charge on any atom is 0.191 e. The van der Waals surface area contributed by atoms with E-state index >= 15 is 0 Å². The topological polar surface area (TPSA) is 77.2 Å². The van der Waals surface area contributed by atoms with Crippen molar-refractivity contribution in [2.24, 2.45) is 4.99 Å². The average molecular weight is 416 g/mol. The lowest BCUT2D eigenvalue weighted by Crippen LogP contribution is -2.39. The highest BCUT2D eigenvalue weighted by atomic mass is 16.5. The van der Waals surface area contributed by atoms with Crippen LogP contribution in [0.1, 0.15) is 24.2 Å². The van der Waals surface area contributed by atoms with Crippen molar-refractivity contribution in [3.63, 3.8) is 0 Å². The Bertz CT molecular complexity index is 725. The molecule has 7 nitrogen and oxygen atoms in total. The largest absolute Gasteiger partial charge is 0.497 e. The third-order valence-corrected chi connectivity index (χ3v) is 4.92. The SMILES string of the molecule is COc1ccc(CCNC(=NCCCOC2CCOC2)NCCc2ccco2)cc1. The fourth-order valence-corrected chi connectivity index (χ4v) is 3.20. The number of methoxy groups -OCH3 is 1. The number of guanidine groups is 1. The average Bonchev–Trinajstić information content (AvgIpc) is 3.48. The Labute approximate surface area is 178 Å². The van der Waals surface area contributed by atoms with Gasteiger partial charge in [-0.2, -0.15) is 0 Å². The first-order valence-corrected chi connectivity index (χ1v) is 10.7. The molecule has 1 unspecified atom stereocenters. The van der Waals surface area contributed by atoms with E-state index in [1.54, 1.807) is 13.4 Å². The third-order valence-electron chi connectivity index (χ3n) is 4.92. The van der Waals surface area contributed by atoms with E-state index in [1.165, 1.54) is 5.56 Å². The maximum absolute atomic E-state index is 5.81. The van der Waals surface area contributed by atoms with E-state index in [0.29, 0.717) is 13.2 Å². The molecular weight excluding hydrogens is 382 g/mol. The summed E-state index contributed by atoms with van der Waals surface area (Å²) in [6, 6.07) is 12.0. The molecule has 7 heteroatoms. The Morgan fingerprint density at radius 2 is 1.97 bits per heavy atom. The number of hydrogen-bond acceptors (Lipinski definition) is 5. The summed E-state index contributed by atoms with van der Waals surface area (Å²) in [5, 5.41) is 6.82. The molecule has 2 aromatic rings. The van der Waals surface area contributed by atoms with E-state index in [1.807, 2.05) is 24.3 Å². The van der Waals surface area contributed by atoms with E-state index < -0.39 is 0 Å². The second kappa shape index (κ2) is 12.9. The van der Waals surface area contributed by atoms with E-state index in [9.17, 15) is 0 Å². The van der Waals surface area contributed by atoms with Gasteiger partial charge >= 0.3 is 0 Å². The van der Waals surface area contributed by atoms with Crippen LogP contribution in [0.2, 0.25) is 0 Å². The maximum atomic E-state index is 5.81. The number of nitrogens with one attached hydrogen (secondary N) is 2. The van der Waals surface area contributed by atoms with Gasteiger partial charge in [-0.1, -0.05) is 12.1 Å². The Balaban J connectivity index is 1.40. The minimum Gasteiger partial charge on any atom is -0.497 e. The third kappa shape index (κ3) is 8.08. The summed E-state index contributed by atoms with van der Waals surface area (Å²) in [5.41, 5.74) is 1.26. The quantitative estimate of drug-likeness (QED) is 0.315. The molecule has 1 aromatic carbocycles. The second-order valence-corrected chi connectivity index (χ2v) is 7.22. The van der Waals surface area contributed by atoms with Gasteiger partial charge in [0.2, 0.25) is 0 Å². The predicted octanol–water partition coefficient (Wildman–Crippen LogP) is 2.80. The molecule has 2 heterocycles. The molecule has 30 heavy (non-hydrogen) atoms. The van der Waals surface area contributed by atoms with Gasteiger partial charge < -0.3 is 29.3 Å². The summed E-state index contributed by atoms with van der Waals surface area (Å²) >= 11 is 0. The zero-order valence-corrected chi connectivity index (χ0v) is 17.8. The van der Waals surface area contributed by atoms with Crippen molar-refractivity contribution in [3.05, 3.63) is 54.0 Å². The summed E-state index contributed by atoms with van der Waals surface area (Å²) in [7, 11) is 1.68. The van der Waals surface area contributed by atoms with Crippen LogP contribution < -0.4 is 15.4 Å². The van der Waals surface area contributed by atoms with Crippen molar-refractivity contribution in [3.8, 4) is 5.75 Å². The number of ether oxygens (including phenoxy) is 3. The lowest BCUT2D eigenvalue weighted by molar-refractivity contribution is 0.0424. The van der Waals surface area contributed by atoms with E-state index in [2.05, 4.69) is 22.8 Å². The second-order valence-electron chi connectivity index (χ2n) is 7.22. The van der Waals surface area contributed by atoms with Crippen LogP contribution in [0.3, 0.4) is 0 Å². The fourth-order valence-electron chi connectivity index (χ4n) is 3.20. The molecular formula is C23H33N3O4. The van der Waals surface area contributed by atoms with Gasteiger partial charge in [0.15, 0.2) is 5.96 Å². The molecule has 2 N–H and O–H groups in total. The van der Waals surface area contributed by atoms with E-state index in [4.69, 9.17) is 23.6 Å². The minimum atomic E-state index is 0.252. The van der Waals surface area contributed by atoms with Crippen LogP contribution in [0, 0.1) is 0 Å². The molecule has 164 valence electrons. The zero-order chi connectivity index (χ0) is 20.9. The zero-order valence-electron chi connectivity index (χ0n) is 17.8. The molecule has 0 bridgehead atoms. The first-order chi connectivity index (χ1) is 14.8. The predicted molar refractivity (Wildman–Crippen MR) is 117 cm³/mol. The molecule has 1 aliphatic heterocycles. The molecule has 1 aromatic heterocycles. The lowest BCUT2D eigenvalue weighted by Gasteiger charge is -2.13. The van der Waals surface area contributed by atoms with Crippen LogP contribution in [0.15, 0.2) is 52.1 Å². The fraction of sp³-hybridized carbons (Fsp3) is 0.522. The molecule has 0 spiro atoms. The van der Waals surface area contributed by atoms with Crippen molar-refractivity contribution < 1.29 is 18.6 Å². The Morgan fingerprint density at radius 1 is 1.13 bits per heavy atom. The van der Waals surface area contributed by atoms with Gasteiger partial charge in [-0.15, -0.1) is 0 Å². The summed E-state index contributed by atoms with van der Waals surface area (Å²) in [6.07, 6.45) is 5.57. The first kappa shape index (κ1) is 22.2. The number of hydrogen-bond donors (Lipinski definition) is 2. The number of nitrogens with zero attached hydrogens (tertiary/aromatic N) is 1. The highest BCUT2D eigenvalue weighted by Gasteiger charge is 2.15. The molecule has 0 amide bonds. The van der Waals surface area contributed by atoms with Crippen LogP contribution in [-0.4, -0.2) is 58.6 Å². The van der Waals surface area contributed by atoms with Crippen molar-refractivity contribution in [2.75, 3.05) is 46.6 Å². The highest BCUT2D eigenvalue weighted by Crippen LogP contribution is 2.11. The lowest BCUT2D eigenvalue weighted by atomic mass is 10.1. The van der Waals surface area contributed by atoms with Crippen molar-refractivity contribution in [1.29, 1.82) is 0 Å². The molecule has 0 saturated carbocycles. The van der Waals surface area contributed by atoms with Gasteiger partial charge in [0.1, 0.15) is 11.5 Å². The van der Waals surface area contributed by atoms with Gasteiger partial charge in [0.05, 0.1) is 26.1 Å². The summed E-state index contributed by atoms with van der Waals surface area (Å²) in [4.78, 5) is 4.70. The molecule has 0 radical (unpaired) electrons. The van der Waals surface area contributed by atoms with Gasteiger partial charge in [-0.05, 0) is 49.1 Å². The number of benzene rings is 1. The number of rotatable bonds is 12. The van der Waals surface area contributed by atoms with Crippen LogP contribution in [0.5, 0.6) is 5.75 Å².